The molecule has 1 aromatic carbocycles. The molecule has 2 amide bonds. The summed E-state index contributed by atoms with van der Waals surface area (Å²) < 4.78 is 39.0. The summed E-state index contributed by atoms with van der Waals surface area (Å²) >= 11 is 0. The Morgan fingerprint density at radius 2 is 1.55 bits per heavy atom. The highest BCUT2D eigenvalue weighted by atomic mass is 32.2. The quantitative estimate of drug-likeness (QED) is 0.566. The fourth-order valence-corrected chi connectivity index (χ4v) is 6.01. The van der Waals surface area contributed by atoms with Crippen molar-refractivity contribution >= 4 is 22.0 Å². The van der Waals surface area contributed by atoms with Crippen LogP contribution in [0.15, 0.2) is 29.2 Å². The molecule has 0 atom stereocenters. The number of rotatable bonds is 8. The SMILES string of the molecule is CCOC(=O)N1CCN(C(=O)CN(C2CCCCC2)S(=O)(=O)c2ccc(OCC)cc2)CC1. The van der Waals surface area contributed by atoms with Gasteiger partial charge in [-0.3, -0.25) is 4.79 Å². The van der Waals surface area contributed by atoms with Gasteiger partial charge >= 0.3 is 6.09 Å². The molecule has 0 N–H and O–H groups in total. The first-order valence-electron chi connectivity index (χ1n) is 11.8. The summed E-state index contributed by atoms with van der Waals surface area (Å²) in [5.41, 5.74) is 0. The van der Waals surface area contributed by atoms with Crippen LogP contribution in [0.25, 0.3) is 0 Å². The van der Waals surface area contributed by atoms with E-state index >= 15 is 0 Å². The van der Waals surface area contributed by atoms with E-state index in [9.17, 15) is 18.0 Å². The predicted molar refractivity (Wildman–Crippen MR) is 124 cm³/mol. The van der Waals surface area contributed by atoms with Crippen molar-refractivity contribution in [3.8, 4) is 5.75 Å². The normalized spacial score (nSPS) is 17.8. The van der Waals surface area contributed by atoms with Gasteiger partial charge in [-0.1, -0.05) is 19.3 Å². The topological polar surface area (TPSA) is 96.5 Å². The third-order valence-electron chi connectivity index (χ3n) is 6.17. The van der Waals surface area contributed by atoms with Crippen LogP contribution in [0, 0.1) is 0 Å². The van der Waals surface area contributed by atoms with E-state index in [0.717, 1.165) is 32.1 Å². The molecule has 0 bridgehead atoms. The molecule has 1 aromatic rings. The highest BCUT2D eigenvalue weighted by molar-refractivity contribution is 7.89. The minimum Gasteiger partial charge on any atom is -0.494 e. The van der Waals surface area contributed by atoms with Crippen molar-refractivity contribution < 1.29 is 27.5 Å². The fraction of sp³-hybridized carbons (Fsp3) is 0.652. The molecular formula is C23H35N3O6S. The minimum atomic E-state index is -3.85. The lowest BCUT2D eigenvalue weighted by Crippen LogP contribution is -2.54. The molecule has 10 heteroatoms. The Labute approximate surface area is 196 Å². The molecule has 0 unspecified atom stereocenters. The zero-order chi connectivity index (χ0) is 23.8. The summed E-state index contributed by atoms with van der Waals surface area (Å²) in [6.45, 7) is 5.70. The Hall–Kier alpha value is -2.33. The van der Waals surface area contributed by atoms with E-state index in [2.05, 4.69) is 0 Å². The number of hydrogen-bond donors (Lipinski definition) is 0. The molecule has 2 aliphatic rings. The standard InChI is InChI=1S/C23H35N3O6S/c1-3-31-20-10-12-21(13-11-20)33(29,30)26(19-8-6-5-7-9-19)18-22(27)24-14-16-25(17-15-24)23(28)32-4-2/h10-13,19H,3-9,14-18H2,1-2H3. The molecule has 9 nitrogen and oxygen atoms in total. The maximum absolute atomic E-state index is 13.6. The van der Waals surface area contributed by atoms with Crippen molar-refractivity contribution in [1.29, 1.82) is 0 Å². The van der Waals surface area contributed by atoms with E-state index in [4.69, 9.17) is 9.47 Å². The molecule has 1 saturated carbocycles. The summed E-state index contributed by atoms with van der Waals surface area (Å²) in [5, 5.41) is 0. The number of hydrogen-bond acceptors (Lipinski definition) is 6. The van der Waals surface area contributed by atoms with Gasteiger partial charge in [0.1, 0.15) is 5.75 Å². The van der Waals surface area contributed by atoms with Crippen molar-refractivity contribution in [2.24, 2.45) is 0 Å². The van der Waals surface area contributed by atoms with E-state index < -0.39 is 10.0 Å². The van der Waals surface area contributed by atoms with Crippen molar-refractivity contribution in [3.63, 3.8) is 0 Å². The van der Waals surface area contributed by atoms with Gasteiger partial charge < -0.3 is 19.3 Å². The second-order valence-electron chi connectivity index (χ2n) is 8.31. The number of amides is 2. The van der Waals surface area contributed by atoms with Gasteiger partial charge in [-0.2, -0.15) is 4.31 Å². The molecule has 2 fully saturated rings. The van der Waals surface area contributed by atoms with Crippen LogP contribution >= 0.6 is 0 Å². The van der Waals surface area contributed by atoms with Gasteiger partial charge in [0.15, 0.2) is 0 Å². The maximum atomic E-state index is 13.6. The van der Waals surface area contributed by atoms with E-state index in [0.29, 0.717) is 45.1 Å². The first-order chi connectivity index (χ1) is 15.9. The largest absolute Gasteiger partial charge is 0.494 e. The molecule has 0 radical (unpaired) electrons. The van der Waals surface area contributed by atoms with Crippen LogP contribution < -0.4 is 4.74 Å². The molecule has 1 aliphatic heterocycles. The Kier molecular flexibility index (Phi) is 8.96. The molecule has 0 aromatic heterocycles. The van der Waals surface area contributed by atoms with Gasteiger partial charge in [0.05, 0.1) is 24.7 Å². The van der Waals surface area contributed by atoms with Crippen LogP contribution in [0.4, 0.5) is 4.79 Å². The number of carbonyl (C=O) groups excluding carboxylic acids is 2. The van der Waals surface area contributed by atoms with Crippen molar-refractivity contribution in [2.75, 3.05) is 45.9 Å². The van der Waals surface area contributed by atoms with Gasteiger partial charge in [-0.15, -0.1) is 0 Å². The molecule has 0 spiro atoms. The number of carbonyl (C=O) groups is 2. The Bertz CT molecular complexity index is 891. The van der Waals surface area contributed by atoms with Gasteiger partial charge in [-0.25, -0.2) is 13.2 Å². The fourth-order valence-electron chi connectivity index (χ4n) is 4.38. The summed E-state index contributed by atoms with van der Waals surface area (Å²) in [6.07, 6.45) is 4.10. The molecule has 184 valence electrons. The molecule has 33 heavy (non-hydrogen) atoms. The lowest BCUT2D eigenvalue weighted by molar-refractivity contribution is -0.133. The van der Waals surface area contributed by atoms with Crippen molar-refractivity contribution in [2.45, 2.75) is 56.9 Å². The van der Waals surface area contributed by atoms with E-state index in [1.807, 2.05) is 6.92 Å². The molecular weight excluding hydrogens is 446 g/mol. The maximum Gasteiger partial charge on any atom is 0.409 e. The van der Waals surface area contributed by atoms with Crippen molar-refractivity contribution in [3.05, 3.63) is 24.3 Å². The lowest BCUT2D eigenvalue weighted by atomic mass is 9.95. The minimum absolute atomic E-state index is 0.163. The highest BCUT2D eigenvalue weighted by Crippen LogP contribution is 2.29. The van der Waals surface area contributed by atoms with Crippen molar-refractivity contribution in [1.82, 2.24) is 14.1 Å². The van der Waals surface area contributed by atoms with Crippen LogP contribution in [-0.2, 0) is 19.6 Å². The zero-order valence-electron chi connectivity index (χ0n) is 19.6. The summed E-state index contributed by atoms with van der Waals surface area (Å²) in [6, 6.07) is 6.18. The molecule has 1 aliphatic carbocycles. The third kappa shape index (κ3) is 6.38. The Morgan fingerprint density at radius 3 is 2.12 bits per heavy atom. The van der Waals surface area contributed by atoms with Gasteiger partial charge in [-0.05, 0) is 51.0 Å². The third-order valence-corrected chi connectivity index (χ3v) is 8.09. The average Bonchev–Trinajstić information content (AvgIpc) is 2.83. The smallest absolute Gasteiger partial charge is 0.409 e. The first kappa shape index (κ1) is 25.3. The molecule has 1 heterocycles. The number of nitrogens with zero attached hydrogens (tertiary/aromatic N) is 3. The van der Waals surface area contributed by atoms with Gasteiger partial charge in [0.25, 0.3) is 0 Å². The van der Waals surface area contributed by atoms with Crippen LogP contribution in [0.5, 0.6) is 5.75 Å². The van der Waals surface area contributed by atoms with E-state index in [1.54, 1.807) is 41.0 Å². The number of benzene rings is 1. The van der Waals surface area contributed by atoms with Crippen LogP contribution in [0.3, 0.4) is 0 Å². The molecule has 1 saturated heterocycles. The van der Waals surface area contributed by atoms with E-state index in [-0.39, 0.29) is 29.5 Å². The predicted octanol–water partition coefficient (Wildman–Crippen LogP) is 2.71. The van der Waals surface area contributed by atoms with Gasteiger partial charge in [0, 0.05) is 32.2 Å². The second kappa shape index (κ2) is 11.7. The summed E-state index contributed by atoms with van der Waals surface area (Å²) in [4.78, 5) is 28.4. The first-order valence-corrected chi connectivity index (χ1v) is 13.2. The number of ether oxygens (including phenoxy) is 2. The zero-order valence-corrected chi connectivity index (χ0v) is 20.4. The highest BCUT2D eigenvalue weighted by Gasteiger charge is 2.36. The van der Waals surface area contributed by atoms with Crippen LogP contribution in [-0.4, -0.2) is 86.5 Å². The number of piperazine rings is 1. The van der Waals surface area contributed by atoms with Crippen LogP contribution in [0.1, 0.15) is 46.0 Å². The monoisotopic (exact) mass is 481 g/mol. The van der Waals surface area contributed by atoms with Crippen LogP contribution in [0.2, 0.25) is 0 Å². The summed E-state index contributed by atoms with van der Waals surface area (Å²) in [5.74, 6) is 0.370. The Morgan fingerprint density at radius 1 is 0.939 bits per heavy atom. The van der Waals surface area contributed by atoms with E-state index in [1.165, 1.54) is 4.31 Å². The average molecular weight is 482 g/mol. The summed E-state index contributed by atoms with van der Waals surface area (Å²) in [7, 11) is -3.85. The number of sulfonamides is 1. The molecule has 3 rings (SSSR count). The van der Waals surface area contributed by atoms with Gasteiger partial charge in [0.2, 0.25) is 15.9 Å². The Balaban J connectivity index is 1.73. The second-order valence-corrected chi connectivity index (χ2v) is 10.2. The lowest BCUT2D eigenvalue weighted by Gasteiger charge is -2.37.